The Morgan fingerprint density at radius 3 is 2.57 bits per heavy atom. The molecule has 2 N–H and O–H groups in total. The average Bonchev–Trinajstić information content (AvgIpc) is 3.00. The zero-order valence-electron chi connectivity index (χ0n) is 15.7. The fraction of sp³-hybridized carbons (Fsp3) is 0.263. The molecule has 8 nitrogen and oxygen atoms in total. The third kappa shape index (κ3) is 4.04. The van der Waals surface area contributed by atoms with Gasteiger partial charge in [-0.25, -0.2) is 4.98 Å². The molecule has 2 amide bonds. The van der Waals surface area contributed by atoms with E-state index in [1.807, 2.05) is 13.8 Å². The topological polar surface area (TPSA) is 102 Å². The molecule has 0 unspecified atom stereocenters. The first-order valence-corrected chi connectivity index (χ1v) is 9.40. The van der Waals surface area contributed by atoms with E-state index in [-0.39, 0.29) is 18.5 Å². The molecule has 0 fully saturated rings. The van der Waals surface area contributed by atoms with Crippen molar-refractivity contribution in [1.29, 1.82) is 0 Å². The molecule has 0 saturated heterocycles. The van der Waals surface area contributed by atoms with Gasteiger partial charge in [0.15, 0.2) is 0 Å². The van der Waals surface area contributed by atoms with E-state index in [4.69, 9.17) is 4.74 Å². The molecule has 2 aromatic heterocycles. The Morgan fingerprint density at radius 2 is 1.89 bits per heavy atom. The van der Waals surface area contributed by atoms with Crippen molar-refractivity contribution in [2.24, 2.45) is 0 Å². The summed E-state index contributed by atoms with van der Waals surface area (Å²) in [6, 6.07) is 6.48. The highest BCUT2D eigenvalue weighted by Crippen LogP contribution is 2.25. The largest absolute Gasteiger partial charge is 0.497 e. The number of aromatic nitrogens is 2. The van der Waals surface area contributed by atoms with Crippen molar-refractivity contribution >= 4 is 33.4 Å². The molecule has 2 heterocycles. The second-order valence-electron chi connectivity index (χ2n) is 6.19. The number of methoxy groups -OCH3 is 1. The highest BCUT2D eigenvalue weighted by atomic mass is 32.1. The monoisotopic (exact) mass is 400 g/mol. The van der Waals surface area contributed by atoms with Crippen LogP contribution in [0.15, 0.2) is 35.4 Å². The zero-order chi connectivity index (χ0) is 20.3. The summed E-state index contributed by atoms with van der Waals surface area (Å²) in [5.41, 5.74) is 5.84. The number of nitrogens with zero attached hydrogens (tertiary/aromatic N) is 2. The van der Waals surface area contributed by atoms with Crippen molar-refractivity contribution < 1.29 is 14.3 Å². The molecule has 1 aromatic carbocycles. The van der Waals surface area contributed by atoms with Crippen LogP contribution in [0.1, 0.15) is 27.2 Å². The first-order valence-electron chi connectivity index (χ1n) is 8.59. The van der Waals surface area contributed by atoms with Crippen molar-refractivity contribution in [3.8, 4) is 5.75 Å². The van der Waals surface area contributed by atoms with E-state index >= 15 is 0 Å². The standard InChI is InChI=1S/C19H20N4O4S/c1-11-12(2)28-18-16(11)19(26)23(10-20-18)9-8-15(24)21-22-17(25)13-4-6-14(27-3)7-5-13/h4-7,10H,8-9H2,1-3H3,(H,21,24)(H,22,25). The first-order chi connectivity index (χ1) is 13.4. The summed E-state index contributed by atoms with van der Waals surface area (Å²) in [5, 5.41) is 0.596. The summed E-state index contributed by atoms with van der Waals surface area (Å²) in [7, 11) is 1.54. The molecule has 0 aliphatic heterocycles. The van der Waals surface area contributed by atoms with Gasteiger partial charge in [0.05, 0.1) is 18.8 Å². The van der Waals surface area contributed by atoms with Gasteiger partial charge in [0.2, 0.25) is 5.91 Å². The van der Waals surface area contributed by atoms with Gasteiger partial charge in [-0.3, -0.25) is 29.8 Å². The molecule has 0 aliphatic rings. The van der Waals surface area contributed by atoms with Crippen LogP contribution in [0.3, 0.4) is 0 Å². The Balaban J connectivity index is 1.57. The maximum atomic E-state index is 12.6. The normalized spacial score (nSPS) is 10.7. The van der Waals surface area contributed by atoms with Crippen molar-refractivity contribution in [2.45, 2.75) is 26.8 Å². The molecule has 0 radical (unpaired) electrons. The van der Waals surface area contributed by atoms with Gasteiger partial charge in [0.1, 0.15) is 10.6 Å². The smallest absolute Gasteiger partial charge is 0.269 e. The quantitative estimate of drug-likeness (QED) is 0.637. The van der Waals surface area contributed by atoms with Crippen molar-refractivity contribution in [3.63, 3.8) is 0 Å². The van der Waals surface area contributed by atoms with Gasteiger partial charge in [0, 0.05) is 23.4 Å². The van der Waals surface area contributed by atoms with Crippen molar-refractivity contribution in [2.75, 3.05) is 7.11 Å². The Morgan fingerprint density at radius 1 is 1.18 bits per heavy atom. The number of thiophene rings is 1. The third-order valence-electron chi connectivity index (χ3n) is 4.40. The van der Waals surface area contributed by atoms with Gasteiger partial charge in [-0.15, -0.1) is 11.3 Å². The SMILES string of the molecule is COc1ccc(C(=O)NNC(=O)CCn2cnc3sc(C)c(C)c3c2=O)cc1. The van der Waals surface area contributed by atoms with Crippen LogP contribution in [-0.4, -0.2) is 28.5 Å². The lowest BCUT2D eigenvalue weighted by atomic mass is 10.2. The highest BCUT2D eigenvalue weighted by Gasteiger charge is 2.13. The molecule has 146 valence electrons. The lowest BCUT2D eigenvalue weighted by Gasteiger charge is -2.09. The van der Waals surface area contributed by atoms with Gasteiger partial charge >= 0.3 is 0 Å². The second-order valence-corrected chi connectivity index (χ2v) is 7.39. The van der Waals surface area contributed by atoms with E-state index in [2.05, 4.69) is 15.8 Å². The average molecular weight is 400 g/mol. The number of aryl methyl sites for hydroxylation is 3. The summed E-state index contributed by atoms with van der Waals surface area (Å²) in [6.45, 7) is 4.01. The van der Waals surface area contributed by atoms with Crippen LogP contribution in [0.5, 0.6) is 5.75 Å². The molecule has 0 atom stereocenters. The maximum absolute atomic E-state index is 12.6. The van der Waals surface area contributed by atoms with Crippen molar-refractivity contribution in [1.82, 2.24) is 20.4 Å². The first kappa shape index (κ1) is 19.6. The number of hydrazine groups is 1. The van der Waals surface area contributed by atoms with Crippen LogP contribution in [-0.2, 0) is 11.3 Å². The molecule has 0 saturated carbocycles. The number of fused-ring (bicyclic) bond motifs is 1. The lowest BCUT2D eigenvalue weighted by Crippen LogP contribution is -2.42. The van der Waals surface area contributed by atoms with E-state index < -0.39 is 11.8 Å². The Labute approximate surface area is 165 Å². The van der Waals surface area contributed by atoms with Crippen LogP contribution in [0.2, 0.25) is 0 Å². The Bertz CT molecular complexity index is 1090. The molecule has 28 heavy (non-hydrogen) atoms. The van der Waals surface area contributed by atoms with E-state index in [0.717, 1.165) is 10.4 Å². The summed E-state index contributed by atoms with van der Waals surface area (Å²) >= 11 is 1.48. The fourth-order valence-corrected chi connectivity index (χ4v) is 3.64. The molecular weight excluding hydrogens is 380 g/mol. The van der Waals surface area contributed by atoms with Crippen LogP contribution < -0.4 is 21.1 Å². The Kier molecular flexibility index (Phi) is 5.74. The lowest BCUT2D eigenvalue weighted by molar-refractivity contribution is -0.122. The van der Waals surface area contributed by atoms with Gasteiger partial charge in [-0.05, 0) is 43.7 Å². The number of nitrogens with one attached hydrogen (secondary N) is 2. The molecule has 0 bridgehead atoms. The minimum absolute atomic E-state index is 0.0259. The van der Waals surface area contributed by atoms with Gasteiger partial charge in [0.25, 0.3) is 11.5 Å². The van der Waals surface area contributed by atoms with Crippen LogP contribution in [0.25, 0.3) is 10.2 Å². The molecular formula is C19H20N4O4S. The number of ether oxygens (including phenoxy) is 1. The van der Waals surface area contributed by atoms with Crippen LogP contribution in [0, 0.1) is 13.8 Å². The third-order valence-corrected chi connectivity index (χ3v) is 5.52. The van der Waals surface area contributed by atoms with Gasteiger partial charge in [-0.2, -0.15) is 0 Å². The molecule has 3 aromatic rings. The molecule has 0 spiro atoms. The van der Waals surface area contributed by atoms with E-state index in [1.165, 1.54) is 29.3 Å². The summed E-state index contributed by atoms with van der Waals surface area (Å²) in [5.74, 6) is -0.222. The van der Waals surface area contributed by atoms with E-state index in [0.29, 0.717) is 21.5 Å². The number of amides is 2. The predicted molar refractivity (Wildman–Crippen MR) is 107 cm³/mol. The minimum atomic E-state index is -0.444. The molecule has 9 heteroatoms. The number of benzene rings is 1. The number of carbonyl (C=O) groups is 2. The number of rotatable bonds is 5. The second kappa shape index (κ2) is 8.22. The molecule has 0 aliphatic carbocycles. The van der Waals surface area contributed by atoms with Crippen LogP contribution in [0.4, 0.5) is 0 Å². The molecule has 3 rings (SSSR count). The summed E-state index contributed by atoms with van der Waals surface area (Å²) < 4.78 is 6.44. The highest BCUT2D eigenvalue weighted by molar-refractivity contribution is 7.18. The Hall–Kier alpha value is -3.20. The van der Waals surface area contributed by atoms with Gasteiger partial charge in [-0.1, -0.05) is 0 Å². The number of carbonyl (C=O) groups excluding carboxylic acids is 2. The van der Waals surface area contributed by atoms with Crippen LogP contribution >= 0.6 is 11.3 Å². The maximum Gasteiger partial charge on any atom is 0.269 e. The predicted octanol–water partition coefficient (Wildman–Crippen LogP) is 1.93. The number of hydrogen-bond donors (Lipinski definition) is 2. The van der Waals surface area contributed by atoms with Gasteiger partial charge < -0.3 is 4.74 Å². The number of hydrogen-bond acceptors (Lipinski definition) is 6. The van der Waals surface area contributed by atoms with Crippen molar-refractivity contribution in [3.05, 3.63) is 57.0 Å². The van der Waals surface area contributed by atoms with E-state index in [9.17, 15) is 14.4 Å². The minimum Gasteiger partial charge on any atom is -0.497 e. The summed E-state index contributed by atoms with van der Waals surface area (Å²) in [4.78, 5) is 42.7. The van der Waals surface area contributed by atoms with E-state index in [1.54, 1.807) is 24.3 Å². The fourth-order valence-electron chi connectivity index (χ4n) is 2.65. The summed E-state index contributed by atoms with van der Waals surface area (Å²) in [6.07, 6.45) is 1.47. The zero-order valence-corrected chi connectivity index (χ0v) is 16.6.